The number of carbonyl (C=O) groups excluding carboxylic acids is 1. The molecular weight excluding hydrogens is 221 g/mol. The number of hydrogen-bond acceptors (Lipinski definition) is 3. The van der Waals surface area contributed by atoms with Crippen LogP contribution in [-0.2, 0) is 0 Å². The van der Waals surface area contributed by atoms with Gasteiger partial charge in [-0.1, -0.05) is 0 Å². The van der Waals surface area contributed by atoms with E-state index in [-0.39, 0.29) is 5.56 Å². The molecule has 17 heavy (non-hydrogen) atoms. The van der Waals surface area contributed by atoms with E-state index in [4.69, 9.17) is 0 Å². The van der Waals surface area contributed by atoms with Crippen LogP contribution in [0.25, 0.3) is 0 Å². The molecule has 0 aliphatic carbocycles. The van der Waals surface area contributed by atoms with Crippen molar-refractivity contribution in [3.05, 3.63) is 54.4 Å². The average molecular weight is 231 g/mol. The monoisotopic (exact) mass is 231 g/mol. The summed E-state index contributed by atoms with van der Waals surface area (Å²) in [5.74, 6) is -1.06. The average Bonchev–Trinajstić information content (AvgIpc) is 2.39. The van der Waals surface area contributed by atoms with E-state index < -0.39 is 11.7 Å². The fraction of sp³-hybridized carbons (Fsp3) is 0.0833. The Morgan fingerprint density at radius 1 is 1.24 bits per heavy atom. The molecule has 2 rings (SSSR count). The van der Waals surface area contributed by atoms with Gasteiger partial charge in [-0.3, -0.25) is 14.8 Å². The first-order valence-corrected chi connectivity index (χ1v) is 4.98. The number of amides is 1. The third-order valence-corrected chi connectivity index (χ3v) is 2.34. The molecule has 2 heterocycles. The first kappa shape index (κ1) is 11.2. The first-order chi connectivity index (χ1) is 8.20. The Morgan fingerprint density at radius 3 is 2.65 bits per heavy atom. The van der Waals surface area contributed by atoms with E-state index in [0.717, 1.165) is 6.20 Å². The molecule has 2 aromatic heterocycles. The van der Waals surface area contributed by atoms with Gasteiger partial charge in [-0.25, -0.2) is 4.39 Å². The molecule has 0 N–H and O–H groups in total. The summed E-state index contributed by atoms with van der Waals surface area (Å²) < 4.78 is 13.4. The smallest absolute Gasteiger partial charge is 0.261 e. The van der Waals surface area contributed by atoms with Crippen molar-refractivity contribution < 1.29 is 9.18 Å². The quantitative estimate of drug-likeness (QED) is 0.792. The van der Waals surface area contributed by atoms with Gasteiger partial charge in [0.05, 0.1) is 23.6 Å². The lowest BCUT2D eigenvalue weighted by Crippen LogP contribution is -2.27. The molecule has 0 aliphatic heterocycles. The lowest BCUT2D eigenvalue weighted by molar-refractivity contribution is 0.0989. The van der Waals surface area contributed by atoms with E-state index in [1.807, 2.05) is 0 Å². The lowest BCUT2D eigenvalue weighted by atomic mass is 10.2. The summed E-state index contributed by atoms with van der Waals surface area (Å²) in [7, 11) is 1.57. The van der Waals surface area contributed by atoms with Gasteiger partial charge in [0.1, 0.15) is 0 Å². The second-order valence-corrected chi connectivity index (χ2v) is 3.43. The van der Waals surface area contributed by atoms with Gasteiger partial charge in [0.25, 0.3) is 5.91 Å². The second-order valence-electron chi connectivity index (χ2n) is 3.43. The summed E-state index contributed by atoms with van der Waals surface area (Å²) in [6.45, 7) is 0. The molecule has 2 aromatic rings. The zero-order valence-corrected chi connectivity index (χ0v) is 9.17. The number of carbonyl (C=O) groups is 1. The normalized spacial score (nSPS) is 10.0. The van der Waals surface area contributed by atoms with E-state index >= 15 is 0 Å². The van der Waals surface area contributed by atoms with Gasteiger partial charge in [0.15, 0.2) is 5.82 Å². The molecule has 0 aromatic carbocycles. The van der Waals surface area contributed by atoms with Crippen LogP contribution in [0.1, 0.15) is 10.4 Å². The van der Waals surface area contributed by atoms with Crippen molar-refractivity contribution in [2.45, 2.75) is 0 Å². The predicted octanol–water partition coefficient (Wildman–Crippen LogP) is 1.89. The Morgan fingerprint density at radius 2 is 2.00 bits per heavy atom. The molecule has 1 amide bonds. The minimum atomic E-state index is -0.631. The minimum Gasteiger partial charge on any atom is -0.310 e. The maximum Gasteiger partial charge on any atom is 0.261 e. The molecule has 86 valence electrons. The maximum atomic E-state index is 13.4. The SMILES string of the molecule is CN(C(=O)c1ccncc1F)c1cccnc1. The minimum absolute atomic E-state index is 0.00801. The van der Waals surface area contributed by atoms with Crippen LogP contribution >= 0.6 is 0 Å². The molecule has 0 aliphatic rings. The van der Waals surface area contributed by atoms with Crippen molar-refractivity contribution in [1.82, 2.24) is 9.97 Å². The van der Waals surface area contributed by atoms with Crippen LogP contribution < -0.4 is 4.90 Å². The van der Waals surface area contributed by atoms with Crippen LogP contribution in [0.15, 0.2) is 43.0 Å². The molecule has 4 nitrogen and oxygen atoms in total. The van der Waals surface area contributed by atoms with Gasteiger partial charge in [-0.15, -0.1) is 0 Å². The molecular formula is C12H10FN3O. The van der Waals surface area contributed by atoms with Crippen LogP contribution in [0.5, 0.6) is 0 Å². The lowest BCUT2D eigenvalue weighted by Gasteiger charge is -2.16. The van der Waals surface area contributed by atoms with E-state index in [1.165, 1.54) is 23.4 Å². The number of pyridine rings is 2. The molecule has 0 saturated carbocycles. The topological polar surface area (TPSA) is 46.1 Å². The van der Waals surface area contributed by atoms with Crippen LogP contribution in [0, 0.1) is 5.82 Å². The molecule has 0 atom stereocenters. The van der Waals surface area contributed by atoms with E-state index in [1.54, 1.807) is 25.4 Å². The zero-order valence-electron chi connectivity index (χ0n) is 9.17. The molecule has 0 unspecified atom stereocenters. The Kier molecular flexibility index (Phi) is 3.09. The van der Waals surface area contributed by atoms with E-state index in [9.17, 15) is 9.18 Å². The van der Waals surface area contributed by atoms with Crippen molar-refractivity contribution in [1.29, 1.82) is 0 Å². The molecule has 0 fully saturated rings. The number of halogens is 1. The molecule has 0 bridgehead atoms. The summed E-state index contributed by atoms with van der Waals surface area (Å²) in [4.78, 5) is 20.8. The van der Waals surface area contributed by atoms with Gasteiger partial charge >= 0.3 is 0 Å². The fourth-order valence-electron chi connectivity index (χ4n) is 1.40. The molecule has 0 radical (unpaired) electrons. The maximum absolute atomic E-state index is 13.4. The second kappa shape index (κ2) is 4.69. The third kappa shape index (κ3) is 2.28. The van der Waals surface area contributed by atoms with Gasteiger partial charge in [-0.05, 0) is 18.2 Å². The largest absolute Gasteiger partial charge is 0.310 e. The highest BCUT2D eigenvalue weighted by molar-refractivity contribution is 6.05. The number of anilines is 1. The van der Waals surface area contributed by atoms with Crippen LogP contribution in [0.4, 0.5) is 10.1 Å². The number of aromatic nitrogens is 2. The van der Waals surface area contributed by atoms with Gasteiger partial charge in [-0.2, -0.15) is 0 Å². The number of rotatable bonds is 2. The van der Waals surface area contributed by atoms with Crippen LogP contribution in [0.3, 0.4) is 0 Å². The van der Waals surface area contributed by atoms with Gasteiger partial charge in [0.2, 0.25) is 0 Å². The van der Waals surface area contributed by atoms with Crippen molar-refractivity contribution in [3.8, 4) is 0 Å². The van der Waals surface area contributed by atoms with Gasteiger partial charge in [0, 0.05) is 19.4 Å². The van der Waals surface area contributed by atoms with Crippen molar-refractivity contribution in [2.75, 3.05) is 11.9 Å². The molecule has 5 heteroatoms. The van der Waals surface area contributed by atoms with Gasteiger partial charge < -0.3 is 4.90 Å². The zero-order chi connectivity index (χ0) is 12.3. The fourth-order valence-corrected chi connectivity index (χ4v) is 1.40. The Balaban J connectivity index is 2.30. The Bertz CT molecular complexity index is 530. The highest BCUT2D eigenvalue weighted by atomic mass is 19.1. The Hall–Kier alpha value is -2.30. The Labute approximate surface area is 97.7 Å². The van der Waals surface area contributed by atoms with E-state index in [0.29, 0.717) is 5.69 Å². The summed E-state index contributed by atoms with van der Waals surface area (Å²) in [5.41, 5.74) is 0.597. The standard InChI is InChI=1S/C12H10FN3O/c1-16(9-3-2-5-14-7-9)12(17)10-4-6-15-8-11(10)13/h2-8H,1H3. The highest BCUT2D eigenvalue weighted by Crippen LogP contribution is 2.14. The van der Waals surface area contributed by atoms with Crippen molar-refractivity contribution in [2.24, 2.45) is 0 Å². The first-order valence-electron chi connectivity index (χ1n) is 4.98. The number of nitrogens with zero attached hydrogens (tertiary/aromatic N) is 3. The highest BCUT2D eigenvalue weighted by Gasteiger charge is 2.17. The van der Waals surface area contributed by atoms with Crippen LogP contribution in [-0.4, -0.2) is 22.9 Å². The summed E-state index contributed by atoms with van der Waals surface area (Å²) in [5, 5.41) is 0. The molecule has 0 saturated heterocycles. The molecule has 0 spiro atoms. The summed E-state index contributed by atoms with van der Waals surface area (Å²) in [6.07, 6.45) is 5.55. The van der Waals surface area contributed by atoms with Crippen molar-refractivity contribution >= 4 is 11.6 Å². The summed E-state index contributed by atoms with van der Waals surface area (Å²) >= 11 is 0. The predicted molar refractivity (Wildman–Crippen MR) is 61.2 cm³/mol. The summed E-state index contributed by atoms with van der Waals surface area (Å²) in [6, 6.07) is 4.79. The van der Waals surface area contributed by atoms with Crippen LogP contribution in [0.2, 0.25) is 0 Å². The number of hydrogen-bond donors (Lipinski definition) is 0. The van der Waals surface area contributed by atoms with Crippen molar-refractivity contribution in [3.63, 3.8) is 0 Å². The van der Waals surface area contributed by atoms with E-state index in [2.05, 4.69) is 9.97 Å². The third-order valence-electron chi connectivity index (χ3n) is 2.34.